The number of halogens is 2. The highest BCUT2D eigenvalue weighted by Crippen LogP contribution is 2.33. The molecular weight excluding hydrogens is 269 g/mol. The first-order valence-electron chi connectivity index (χ1n) is 3.96. The van der Waals surface area contributed by atoms with Gasteiger partial charge >= 0.3 is 0 Å². The molecular formula is C8H5BrFN3O2. The molecule has 0 saturated heterocycles. The third-order valence-corrected chi connectivity index (χ3v) is 2.86. The molecule has 0 bridgehead atoms. The number of aryl methyl sites for hydroxylation is 1. The Bertz CT molecular complexity index is 567. The van der Waals surface area contributed by atoms with Crippen LogP contribution in [0.5, 0.6) is 0 Å². The van der Waals surface area contributed by atoms with Gasteiger partial charge in [0.15, 0.2) is 5.82 Å². The van der Waals surface area contributed by atoms with E-state index in [0.717, 1.165) is 0 Å². The topological polar surface area (TPSA) is 61.0 Å². The van der Waals surface area contributed by atoms with Gasteiger partial charge in [0.25, 0.3) is 5.69 Å². The van der Waals surface area contributed by atoms with E-state index in [2.05, 4.69) is 21.0 Å². The van der Waals surface area contributed by atoms with Crippen molar-refractivity contribution in [2.45, 2.75) is 0 Å². The number of benzene rings is 1. The van der Waals surface area contributed by atoms with E-state index < -0.39 is 10.7 Å². The average molecular weight is 274 g/mol. The molecule has 0 fully saturated rings. The van der Waals surface area contributed by atoms with Crippen molar-refractivity contribution in [3.05, 3.63) is 32.7 Å². The molecule has 0 unspecified atom stereocenters. The molecule has 2 aromatic rings. The van der Waals surface area contributed by atoms with Gasteiger partial charge in [0.05, 0.1) is 22.0 Å². The Hall–Kier alpha value is -1.50. The van der Waals surface area contributed by atoms with Gasteiger partial charge in [-0.05, 0) is 15.9 Å². The van der Waals surface area contributed by atoms with Crippen LogP contribution in [0.4, 0.5) is 10.1 Å². The quantitative estimate of drug-likeness (QED) is 0.592. The summed E-state index contributed by atoms with van der Waals surface area (Å²) in [5.41, 5.74) is 0.0889. The first kappa shape index (κ1) is 10.0. The summed E-state index contributed by atoms with van der Waals surface area (Å²) in [6.45, 7) is 0. The molecule has 5 nitrogen and oxygen atoms in total. The van der Waals surface area contributed by atoms with Gasteiger partial charge in [-0.15, -0.1) is 0 Å². The number of aromatic nitrogens is 2. The fraction of sp³-hybridized carbons (Fsp3) is 0.125. The second-order valence-electron chi connectivity index (χ2n) is 2.98. The molecule has 0 amide bonds. The van der Waals surface area contributed by atoms with E-state index in [-0.39, 0.29) is 15.5 Å². The van der Waals surface area contributed by atoms with Crippen LogP contribution in [0, 0.1) is 15.9 Å². The summed E-state index contributed by atoms with van der Waals surface area (Å²) in [5.74, 6) is -0.660. The number of fused-ring (bicyclic) bond motifs is 1. The van der Waals surface area contributed by atoms with Crippen LogP contribution in [0.15, 0.2) is 16.7 Å². The zero-order chi connectivity index (χ0) is 11.2. The van der Waals surface area contributed by atoms with Gasteiger partial charge in [0.1, 0.15) is 4.47 Å². The summed E-state index contributed by atoms with van der Waals surface area (Å²) >= 11 is 2.86. The number of nitro groups is 1. The summed E-state index contributed by atoms with van der Waals surface area (Å²) < 4.78 is 14.9. The van der Waals surface area contributed by atoms with E-state index in [0.29, 0.717) is 5.52 Å². The zero-order valence-electron chi connectivity index (χ0n) is 7.57. The molecule has 1 heterocycles. The molecule has 1 aromatic carbocycles. The average Bonchev–Trinajstić information content (AvgIpc) is 2.53. The lowest BCUT2D eigenvalue weighted by molar-refractivity contribution is -0.385. The van der Waals surface area contributed by atoms with Gasteiger partial charge in [0.2, 0.25) is 0 Å². The zero-order valence-corrected chi connectivity index (χ0v) is 9.15. The molecule has 15 heavy (non-hydrogen) atoms. The van der Waals surface area contributed by atoms with Gasteiger partial charge in [-0.1, -0.05) is 0 Å². The summed E-state index contributed by atoms with van der Waals surface area (Å²) in [6.07, 6.45) is 1.33. The lowest BCUT2D eigenvalue weighted by Crippen LogP contribution is -1.95. The van der Waals surface area contributed by atoms with Crippen LogP contribution >= 0.6 is 15.9 Å². The maximum absolute atomic E-state index is 13.6. The van der Waals surface area contributed by atoms with Crippen LogP contribution in [0.1, 0.15) is 0 Å². The first-order chi connectivity index (χ1) is 7.02. The predicted octanol–water partition coefficient (Wildman–Crippen LogP) is 2.38. The van der Waals surface area contributed by atoms with Gasteiger partial charge in [-0.2, -0.15) is 5.10 Å². The number of rotatable bonds is 1. The number of hydrogen-bond donors (Lipinski definition) is 0. The smallest absolute Gasteiger partial charge is 0.268 e. The lowest BCUT2D eigenvalue weighted by Gasteiger charge is -1.99. The minimum atomic E-state index is -0.660. The predicted molar refractivity (Wildman–Crippen MR) is 55.0 cm³/mol. The van der Waals surface area contributed by atoms with Crippen molar-refractivity contribution in [3.63, 3.8) is 0 Å². The molecule has 0 saturated carbocycles. The Kier molecular flexibility index (Phi) is 2.18. The van der Waals surface area contributed by atoms with Crippen molar-refractivity contribution < 1.29 is 9.31 Å². The molecule has 0 N–H and O–H groups in total. The molecule has 2 rings (SSSR count). The summed E-state index contributed by atoms with van der Waals surface area (Å²) in [6, 6.07) is 1.29. The fourth-order valence-corrected chi connectivity index (χ4v) is 1.82. The van der Waals surface area contributed by atoms with Crippen molar-refractivity contribution in [1.29, 1.82) is 0 Å². The Morgan fingerprint density at radius 2 is 2.33 bits per heavy atom. The first-order valence-corrected chi connectivity index (χ1v) is 4.75. The van der Waals surface area contributed by atoms with Crippen LogP contribution in [0.25, 0.3) is 10.9 Å². The highest BCUT2D eigenvalue weighted by Gasteiger charge is 2.21. The van der Waals surface area contributed by atoms with Gasteiger partial charge in [0, 0.05) is 13.1 Å². The van der Waals surface area contributed by atoms with Gasteiger partial charge < -0.3 is 0 Å². The standard InChI is InChI=1S/C8H5BrFN3O2/c1-12-5-2-6(13(14)15)7(9)8(10)4(5)3-11-12/h2-3H,1H3. The van der Waals surface area contributed by atoms with E-state index >= 15 is 0 Å². The Morgan fingerprint density at radius 3 is 2.93 bits per heavy atom. The van der Waals surface area contributed by atoms with Crippen molar-refractivity contribution in [2.24, 2.45) is 7.05 Å². The summed E-state index contributed by atoms with van der Waals surface area (Å²) in [4.78, 5) is 9.99. The van der Waals surface area contributed by atoms with Gasteiger partial charge in [-0.25, -0.2) is 4.39 Å². The van der Waals surface area contributed by atoms with Crippen molar-refractivity contribution >= 4 is 32.5 Å². The lowest BCUT2D eigenvalue weighted by atomic mass is 10.2. The summed E-state index contributed by atoms with van der Waals surface area (Å²) in [5, 5.41) is 14.7. The largest absolute Gasteiger partial charge is 0.288 e. The SMILES string of the molecule is Cn1ncc2c(F)c(Br)c([N+](=O)[O-])cc21. The second-order valence-corrected chi connectivity index (χ2v) is 3.77. The van der Waals surface area contributed by atoms with E-state index in [9.17, 15) is 14.5 Å². The van der Waals surface area contributed by atoms with Gasteiger partial charge in [-0.3, -0.25) is 14.8 Å². The molecule has 0 aliphatic heterocycles. The van der Waals surface area contributed by atoms with Crippen LogP contribution < -0.4 is 0 Å². The molecule has 1 aromatic heterocycles. The Morgan fingerprint density at radius 1 is 1.67 bits per heavy atom. The molecule has 0 spiro atoms. The van der Waals surface area contributed by atoms with Crippen LogP contribution in [-0.4, -0.2) is 14.7 Å². The highest BCUT2D eigenvalue weighted by atomic mass is 79.9. The molecule has 0 radical (unpaired) electrons. The van der Waals surface area contributed by atoms with Crippen LogP contribution in [0.3, 0.4) is 0 Å². The minimum absolute atomic E-state index is 0.145. The molecule has 7 heteroatoms. The van der Waals surface area contributed by atoms with Crippen molar-refractivity contribution in [1.82, 2.24) is 9.78 Å². The molecule has 0 aliphatic rings. The molecule has 0 atom stereocenters. The third-order valence-electron chi connectivity index (χ3n) is 2.11. The van der Waals surface area contributed by atoms with Crippen molar-refractivity contribution in [3.8, 4) is 0 Å². The number of hydrogen-bond acceptors (Lipinski definition) is 3. The molecule has 78 valence electrons. The highest BCUT2D eigenvalue weighted by molar-refractivity contribution is 9.10. The minimum Gasteiger partial charge on any atom is -0.268 e. The Labute approximate surface area is 91.8 Å². The maximum atomic E-state index is 13.6. The number of nitro benzene ring substituents is 1. The van der Waals surface area contributed by atoms with E-state index in [1.807, 2.05) is 0 Å². The van der Waals surface area contributed by atoms with Crippen LogP contribution in [0.2, 0.25) is 0 Å². The molecule has 0 aliphatic carbocycles. The van der Waals surface area contributed by atoms with Crippen molar-refractivity contribution in [2.75, 3.05) is 0 Å². The Balaban J connectivity index is 2.91. The monoisotopic (exact) mass is 273 g/mol. The van der Waals surface area contributed by atoms with E-state index in [4.69, 9.17) is 0 Å². The summed E-state index contributed by atoms with van der Waals surface area (Å²) in [7, 11) is 1.60. The van der Waals surface area contributed by atoms with E-state index in [1.165, 1.54) is 16.9 Å². The normalized spacial score (nSPS) is 10.9. The fourth-order valence-electron chi connectivity index (χ4n) is 1.34. The van der Waals surface area contributed by atoms with Crippen LogP contribution in [-0.2, 0) is 7.05 Å². The maximum Gasteiger partial charge on any atom is 0.288 e. The third kappa shape index (κ3) is 1.39. The second kappa shape index (κ2) is 3.27. The number of nitrogens with zero attached hydrogens (tertiary/aromatic N) is 3. The van der Waals surface area contributed by atoms with E-state index in [1.54, 1.807) is 7.05 Å².